The molecule has 0 saturated carbocycles. The highest BCUT2D eigenvalue weighted by Crippen LogP contribution is 2.21. The van der Waals surface area contributed by atoms with Crippen molar-refractivity contribution >= 4 is 21.9 Å². The summed E-state index contributed by atoms with van der Waals surface area (Å²) in [5, 5.41) is 14.2. The average Bonchev–Trinajstić information content (AvgIpc) is 3.10. The van der Waals surface area contributed by atoms with Gasteiger partial charge in [-0.3, -0.25) is 5.32 Å². The van der Waals surface area contributed by atoms with Gasteiger partial charge in [0.15, 0.2) is 11.6 Å². The third-order valence-electron chi connectivity index (χ3n) is 3.76. The van der Waals surface area contributed by atoms with Gasteiger partial charge in [-0.25, -0.2) is 18.4 Å². The molecule has 0 unspecified atom stereocenters. The van der Waals surface area contributed by atoms with E-state index in [0.29, 0.717) is 24.5 Å². The van der Waals surface area contributed by atoms with Gasteiger partial charge >= 0.3 is 6.03 Å². The van der Waals surface area contributed by atoms with Crippen LogP contribution in [0.15, 0.2) is 70.1 Å². The molecule has 0 aliphatic heterocycles. The zero-order valence-corrected chi connectivity index (χ0v) is 15.1. The highest BCUT2D eigenvalue weighted by molar-refractivity contribution is 7.89. The fourth-order valence-electron chi connectivity index (χ4n) is 2.40. The van der Waals surface area contributed by atoms with Gasteiger partial charge in [-0.1, -0.05) is 47.6 Å². The summed E-state index contributed by atoms with van der Waals surface area (Å²) in [5.74, 6) is 0.865. The maximum absolute atomic E-state index is 11.9. The molecule has 2 amide bonds. The van der Waals surface area contributed by atoms with Gasteiger partial charge in [-0.15, -0.1) is 0 Å². The molecule has 2 aromatic carbocycles. The molecule has 0 spiro atoms. The van der Waals surface area contributed by atoms with Crippen LogP contribution in [0.2, 0.25) is 0 Å². The molecule has 8 nitrogen and oxygen atoms in total. The molecule has 0 aliphatic rings. The van der Waals surface area contributed by atoms with E-state index >= 15 is 0 Å². The number of hydrogen-bond acceptors (Lipinski definition) is 5. The molecule has 9 heteroatoms. The predicted molar refractivity (Wildman–Crippen MR) is 100 cm³/mol. The molecular weight excluding hydrogens is 368 g/mol. The third kappa shape index (κ3) is 5.16. The fraction of sp³-hybridized carbons (Fsp3) is 0.111. The first-order valence-corrected chi connectivity index (χ1v) is 9.65. The number of aromatic nitrogens is 1. The van der Waals surface area contributed by atoms with Gasteiger partial charge in [0.25, 0.3) is 0 Å². The van der Waals surface area contributed by atoms with Crippen LogP contribution in [0.4, 0.5) is 10.6 Å². The summed E-state index contributed by atoms with van der Waals surface area (Å²) in [6.07, 6.45) is 0.534. The molecule has 3 rings (SSSR count). The molecule has 0 aliphatic carbocycles. The number of urea groups is 1. The van der Waals surface area contributed by atoms with Crippen LogP contribution in [0.5, 0.6) is 0 Å². The SMILES string of the molecule is NS(=O)(=O)c1ccc(CCNC(=O)Nc2cc(-c3ccccc3)on2)cc1. The van der Waals surface area contributed by atoms with E-state index in [9.17, 15) is 13.2 Å². The summed E-state index contributed by atoms with van der Waals surface area (Å²) in [6.45, 7) is 0.365. The van der Waals surface area contributed by atoms with Crippen LogP contribution in [0.25, 0.3) is 11.3 Å². The second-order valence-electron chi connectivity index (χ2n) is 5.76. The summed E-state index contributed by atoms with van der Waals surface area (Å²) in [5.41, 5.74) is 1.73. The Hall–Kier alpha value is -3.17. The summed E-state index contributed by atoms with van der Waals surface area (Å²) in [7, 11) is -3.70. The van der Waals surface area contributed by atoms with Crippen molar-refractivity contribution in [2.75, 3.05) is 11.9 Å². The lowest BCUT2D eigenvalue weighted by molar-refractivity contribution is 0.252. The van der Waals surface area contributed by atoms with Crippen molar-refractivity contribution in [3.8, 4) is 11.3 Å². The molecule has 0 saturated heterocycles. The van der Waals surface area contributed by atoms with E-state index in [1.807, 2.05) is 30.3 Å². The zero-order chi connectivity index (χ0) is 19.3. The topological polar surface area (TPSA) is 127 Å². The standard InChI is InChI=1S/C18H18N4O4S/c19-27(24,25)15-8-6-13(7-9-15)10-11-20-18(23)21-17-12-16(26-22-17)14-4-2-1-3-5-14/h1-9,12H,10-11H2,(H2,19,24,25)(H2,20,21,22,23). The van der Waals surface area contributed by atoms with E-state index < -0.39 is 16.1 Å². The number of anilines is 1. The number of benzene rings is 2. The largest absolute Gasteiger partial charge is 0.354 e. The van der Waals surface area contributed by atoms with Gasteiger partial charge in [0.2, 0.25) is 10.0 Å². The van der Waals surface area contributed by atoms with Crippen LogP contribution >= 0.6 is 0 Å². The van der Waals surface area contributed by atoms with Crippen molar-refractivity contribution in [3.63, 3.8) is 0 Å². The molecule has 27 heavy (non-hydrogen) atoms. The fourth-order valence-corrected chi connectivity index (χ4v) is 2.91. The number of carbonyl (C=O) groups is 1. The number of sulfonamides is 1. The van der Waals surface area contributed by atoms with E-state index in [1.54, 1.807) is 18.2 Å². The Morgan fingerprint density at radius 1 is 1.07 bits per heavy atom. The number of hydrogen-bond donors (Lipinski definition) is 3. The Kier molecular flexibility index (Phi) is 5.53. The molecule has 0 bridgehead atoms. The molecule has 1 aromatic heterocycles. The quantitative estimate of drug-likeness (QED) is 0.599. The van der Waals surface area contributed by atoms with Crippen molar-refractivity contribution in [1.29, 1.82) is 0 Å². The molecule has 140 valence electrons. The molecule has 0 radical (unpaired) electrons. The van der Waals surface area contributed by atoms with Crippen LogP contribution < -0.4 is 15.8 Å². The Morgan fingerprint density at radius 3 is 2.44 bits per heavy atom. The van der Waals surface area contributed by atoms with Crippen molar-refractivity contribution in [2.24, 2.45) is 5.14 Å². The Labute approximate surface area is 156 Å². The van der Waals surface area contributed by atoms with Gasteiger partial charge < -0.3 is 9.84 Å². The molecule has 3 aromatic rings. The van der Waals surface area contributed by atoms with E-state index in [0.717, 1.165) is 11.1 Å². The predicted octanol–water partition coefficient (Wildman–Crippen LogP) is 2.35. The summed E-state index contributed by atoms with van der Waals surface area (Å²) in [4.78, 5) is 12.0. The normalized spacial score (nSPS) is 11.1. The first-order valence-electron chi connectivity index (χ1n) is 8.10. The first kappa shape index (κ1) is 18.6. The van der Waals surface area contributed by atoms with Crippen molar-refractivity contribution in [1.82, 2.24) is 10.5 Å². The number of nitrogens with one attached hydrogen (secondary N) is 2. The minimum atomic E-state index is -3.70. The summed E-state index contributed by atoms with van der Waals surface area (Å²) in [6, 6.07) is 16.8. The number of nitrogens with two attached hydrogens (primary N) is 1. The average molecular weight is 386 g/mol. The Morgan fingerprint density at radius 2 is 1.78 bits per heavy atom. The first-order chi connectivity index (χ1) is 12.9. The Balaban J connectivity index is 1.48. The van der Waals surface area contributed by atoms with Crippen LogP contribution in [0.3, 0.4) is 0 Å². The summed E-state index contributed by atoms with van der Waals surface area (Å²) < 4.78 is 27.6. The maximum Gasteiger partial charge on any atom is 0.320 e. The van der Waals surface area contributed by atoms with E-state index in [4.69, 9.17) is 9.66 Å². The Bertz CT molecular complexity index is 1020. The van der Waals surface area contributed by atoms with Gasteiger partial charge in [0.1, 0.15) is 0 Å². The number of carbonyl (C=O) groups excluding carboxylic acids is 1. The van der Waals surface area contributed by atoms with E-state index in [-0.39, 0.29) is 4.90 Å². The monoisotopic (exact) mass is 386 g/mol. The molecular formula is C18H18N4O4S. The second-order valence-corrected chi connectivity index (χ2v) is 7.32. The molecule has 1 heterocycles. The highest BCUT2D eigenvalue weighted by atomic mass is 32.2. The van der Waals surface area contributed by atoms with E-state index in [2.05, 4.69) is 15.8 Å². The zero-order valence-electron chi connectivity index (χ0n) is 14.3. The maximum atomic E-state index is 11.9. The van der Waals surface area contributed by atoms with Crippen LogP contribution in [-0.4, -0.2) is 26.2 Å². The van der Waals surface area contributed by atoms with Crippen LogP contribution in [0.1, 0.15) is 5.56 Å². The number of primary sulfonamides is 1. The summed E-state index contributed by atoms with van der Waals surface area (Å²) >= 11 is 0. The van der Waals surface area contributed by atoms with Crippen LogP contribution in [0, 0.1) is 0 Å². The molecule has 0 atom stereocenters. The molecule has 0 fully saturated rings. The van der Waals surface area contributed by atoms with Crippen LogP contribution in [-0.2, 0) is 16.4 Å². The van der Waals surface area contributed by atoms with Crippen molar-refractivity contribution in [2.45, 2.75) is 11.3 Å². The van der Waals surface area contributed by atoms with Crippen molar-refractivity contribution in [3.05, 3.63) is 66.2 Å². The number of nitrogens with zero attached hydrogens (tertiary/aromatic N) is 1. The third-order valence-corrected chi connectivity index (χ3v) is 4.69. The van der Waals surface area contributed by atoms with Gasteiger partial charge in [0.05, 0.1) is 4.90 Å². The minimum absolute atomic E-state index is 0.0530. The minimum Gasteiger partial charge on any atom is -0.354 e. The molecule has 4 N–H and O–H groups in total. The van der Waals surface area contributed by atoms with Crippen molar-refractivity contribution < 1.29 is 17.7 Å². The number of amides is 2. The van der Waals surface area contributed by atoms with E-state index in [1.165, 1.54) is 12.1 Å². The van der Waals surface area contributed by atoms with Gasteiger partial charge in [0, 0.05) is 18.2 Å². The number of rotatable bonds is 6. The lowest BCUT2D eigenvalue weighted by Gasteiger charge is -2.06. The van der Waals surface area contributed by atoms with Gasteiger partial charge in [-0.05, 0) is 24.1 Å². The lowest BCUT2D eigenvalue weighted by atomic mass is 10.1. The second kappa shape index (κ2) is 8.02. The lowest BCUT2D eigenvalue weighted by Crippen LogP contribution is -2.30. The van der Waals surface area contributed by atoms with Gasteiger partial charge in [-0.2, -0.15) is 0 Å². The highest BCUT2D eigenvalue weighted by Gasteiger charge is 2.10. The smallest absolute Gasteiger partial charge is 0.320 e.